The fraction of sp³-hybridized carbons (Fsp3) is 0.643. The summed E-state index contributed by atoms with van der Waals surface area (Å²) in [6, 6.07) is 5.54. The number of nitrogens with zero attached hydrogens (tertiary/aromatic N) is 3. The molecule has 1 aliphatic carbocycles. The number of aromatic nitrogens is 1. The van der Waals surface area contributed by atoms with E-state index in [0.29, 0.717) is 11.9 Å². The Morgan fingerprint density at radius 3 is 2.74 bits per heavy atom. The Morgan fingerprint density at radius 1 is 1.32 bits per heavy atom. The number of halogens is 1. The average molecular weight is 265 g/mol. The first kappa shape index (κ1) is 12.8. The maximum absolute atomic E-state index is 13.2. The molecule has 104 valence electrons. The number of rotatable bonds is 2. The standard InChI is InChI=1S/C14H20FN3O/c1-10-9-17(11-5-6-12(11)19)7-8-18(10)14-4-2-3-13(15)16-14/h2-4,10-12,19H,5-9H2,1H3. The van der Waals surface area contributed by atoms with Crippen molar-refractivity contribution in [3.63, 3.8) is 0 Å². The fourth-order valence-electron chi connectivity index (χ4n) is 3.08. The van der Waals surface area contributed by atoms with Crippen LogP contribution >= 0.6 is 0 Å². The molecule has 1 aromatic heterocycles. The number of pyridine rings is 1. The number of hydrogen-bond acceptors (Lipinski definition) is 4. The van der Waals surface area contributed by atoms with Crippen molar-refractivity contribution in [2.24, 2.45) is 0 Å². The van der Waals surface area contributed by atoms with Gasteiger partial charge < -0.3 is 10.0 Å². The largest absolute Gasteiger partial charge is 0.391 e. The summed E-state index contributed by atoms with van der Waals surface area (Å²) in [5.41, 5.74) is 0. The molecule has 4 nitrogen and oxygen atoms in total. The molecule has 1 saturated heterocycles. The van der Waals surface area contributed by atoms with Crippen LogP contribution in [0.5, 0.6) is 0 Å². The van der Waals surface area contributed by atoms with Gasteiger partial charge in [0.25, 0.3) is 0 Å². The normalized spacial score (nSPS) is 32.2. The minimum absolute atomic E-state index is 0.161. The van der Waals surface area contributed by atoms with Gasteiger partial charge in [-0.15, -0.1) is 0 Å². The van der Waals surface area contributed by atoms with E-state index in [4.69, 9.17) is 0 Å². The van der Waals surface area contributed by atoms with Gasteiger partial charge in [0.15, 0.2) is 0 Å². The first-order valence-corrected chi connectivity index (χ1v) is 6.96. The van der Waals surface area contributed by atoms with Gasteiger partial charge in [-0.2, -0.15) is 4.39 Å². The molecular weight excluding hydrogens is 245 g/mol. The van der Waals surface area contributed by atoms with Crippen molar-refractivity contribution < 1.29 is 9.50 Å². The molecule has 3 unspecified atom stereocenters. The highest BCUT2D eigenvalue weighted by atomic mass is 19.1. The maximum atomic E-state index is 13.2. The molecular formula is C14H20FN3O. The van der Waals surface area contributed by atoms with E-state index in [1.165, 1.54) is 6.07 Å². The molecule has 1 aliphatic heterocycles. The molecule has 1 N–H and O–H groups in total. The van der Waals surface area contributed by atoms with Crippen molar-refractivity contribution in [3.05, 3.63) is 24.1 Å². The molecule has 0 spiro atoms. The van der Waals surface area contributed by atoms with Crippen molar-refractivity contribution in [3.8, 4) is 0 Å². The van der Waals surface area contributed by atoms with Gasteiger partial charge >= 0.3 is 0 Å². The van der Waals surface area contributed by atoms with Crippen LogP contribution in [0.2, 0.25) is 0 Å². The minimum atomic E-state index is -0.429. The van der Waals surface area contributed by atoms with Crippen molar-refractivity contribution in [2.45, 2.75) is 38.0 Å². The Morgan fingerprint density at radius 2 is 2.16 bits per heavy atom. The van der Waals surface area contributed by atoms with E-state index in [0.717, 1.165) is 32.5 Å². The van der Waals surface area contributed by atoms with Crippen LogP contribution in [0.1, 0.15) is 19.8 Å². The Hall–Kier alpha value is -1.20. The van der Waals surface area contributed by atoms with Crippen LogP contribution in [0.25, 0.3) is 0 Å². The van der Waals surface area contributed by atoms with E-state index < -0.39 is 5.95 Å². The molecule has 2 heterocycles. The van der Waals surface area contributed by atoms with Gasteiger partial charge in [0.1, 0.15) is 5.82 Å². The average Bonchev–Trinajstić information content (AvgIpc) is 2.37. The predicted octanol–water partition coefficient (Wildman–Crippen LogP) is 1.25. The first-order valence-electron chi connectivity index (χ1n) is 6.96. The SMILES string of the molecule is CC1CN(C2CCC2O)CCN1c1cccc(F)n1. The number of aliphatic hydroxyl groups is 1. The van der Waals surface area contributed by atoms with Crippen molar-refractivity contribution in [2.75, 3.05) is 24.5 Å². The summed E-state index contributed by atoms with van der Waals surface area (Å²) in [6.07, 6.45) is 1.85. The highest BCUT2D eigenvalue weighted by Crippen LogP contribution is 2.28. The molecule has 0 radical (unpaired) electrons. The summed E-state index contributed by atoms with van der Waals surface area (Å²) in [4.78, 5) is 8.46. The van der Waals surface area contributed by atoms with E-state index in [1.807, 2.05) is 6.07 Å². The van der Waals surface area contributed by atoms with Crippen LogP contribution in [-0.2, 0) is 0 Å². The van der Waals surface area contributed by atoms with Crippen molar-refractivity contribution in [1.29, 1.82) is 0 Å². The molecule has 5 heteroatoms. The number of hydrogen-bond donors (Lipinski definition) is 1. The number of aliphatic hydroxyl groups excluding tert-OH is 1. The second kappa shape index (κ2) is 5.06. The number of piperazine rings is 1. The van der Waals surface area contributed by atoms with Gasteiger partial charge in [0.2, 0.25) is 5.95 Å². The van der Waals surface area contributed by atoms with Crippen LogP contribution in [0, 0.1) is 5.95 Å². The fourth-order valence-corrected chi connectivity index (χ4v) is 3.08. The highest BCUT2D eigenvalue weighted by Gasteiger charge is 2.37. The summed E-state index contributed by atoms with van der Waals surface area (Å²) in [5.74, 6) is 0.280. The monoisotopic (exact) mass is 265 g/mol. The Balaban J connectivity index is 1.67. The summed E-state index contributed by atoms with van der Waals surface area (Å²) in [5, 5.41) is 9.75. The smallest absolute Gasteiger partial charge is 0.214 e. The van der Waals surface area contributed by atoms with Crippen molar-refractivity contribution in [1.82, 2.24) is 9.88 Å². The molecule has 1 saturated carbocycles. The first-order chi connectivity index (χ1) is 9.15. The summed E-state index contributed by atoms with van der Waals surface area (Å²) in [6.45, 7) is 4.77. The van der Waals surface area contributed by atoms with Gasteiger partial charge in [-0.1, -0.05) is 6.07 Å². The lowest BCUT2D eigenvalue weighted by atomic mass is 9.87. The van der Waals surface area contributed by atoms with Gasteiger partial charge in [-0.25, -0.2) is 4.98 Å². The van der Waals surface area contributed by atoms with Crippen LogP contribution in [0.15, 0.2) is 18.2 Å². The Labute approximate surface area is 112 Å². The molecule has 3 rings (SSSR count). The topological polar surface area (TPSA) is 39.6 Å². The second-order valence-electron chi connectivity index (χ2n) is 5.57. The third kappa shape index (κ3) is 2.44. The van der Waals surface area contributed by atoms with Gasteiger partial charge in [0.05, 0.1) is 6.10 Å². The third-order valence-corrected chi connectivity index (χ3v) is 4.32. The van der Waals surface area contributed by atoms with E-state index >= 15 is 0 Å². The van der Waals surface area contributed by atoms with Crippen LogP contribution in [-0.4, -0.2) is 52.8 Å². The minimum Gasteiger partial charge on any atom is -0.391 e. The van der Waals surface area contributed by atoms with E-state index in [2.05, 4.69) is 21.7 Å². The zero-order valence-corrected chi connectivity index (χ0v) is 11.2. The Kier molecular flexibility index (Phi) is 3.41. The van der Waals surface area contributed by atoms with Crippen LogP contribution in [0.4, 0.5) is 10.2 Å². The molecule has 2 fully saturated rings. The Bertz CT molecular complexity index is 456. The molecule has 0 amide bonds. The lowest BCUT2D eigenvalue weighted by molar-refractivity contribution is -0.0272. The zero-order chi connectivity index (χ0) is 13.4. The summed E-state index contributed by atoms with van der Waals surface area (Å²) in [7, 11) is 0. The molecule has 2 aliphatic rings. The third-order valence-electron chi connectivity index (χ3n) is 4.32. The molecule has 19 heavy (non-hydrogen) atoms. The van der Waals surface area contributed by atoms with Crippen molar-refractivity contribution >= 4 is 5.82 Å². The maximum Gasteiger partial charge on any atom is 0.214 e. The molecule has 0 aromatic carbocycles. The van der Waals surface area contributed by atoms with E-state index in [9.17, 15) is 9.50 Å². The number of anilines is 1. The van der Waals surface area contributed by atoms with E-state index in [1.54, 1.807) is 6.07 Å². The van der Waals surface area contributed by atoms with Crippen LogP contribution < -0.4 is 4.90 Å². The van der Waals surface area contributed by atoms with Crippen LogP contribution in [0.3, 0.4) is 0 Å². The second-order valence-corrected chi connectivity index (χ2v) is 5.57. The quantitative estimate of drug-likeness (QED) is 0.817. The summed E-state index contributed by atoms with van der Waals surface area (Å²) >= 11 is 0. The predicted molar refractivity (Wildman–Crippen MR) is 71.6 cm³/mol. The summed E-state index contributed by atoms with van der Waals surface area (Å²) < 4.78 is 13.2. The van der Waals surface area contributed by atoms with Gasteiger partial charge in [-0.3, -0.25) is 4.90 Å². The molecule has 0 bridgehead atoms. The van der Waals surface area contributed by atoms with Gasteiger partial charge in [-0.05, 0) is 31.9 Å². The lowest BCUT2D eigenvalue weighted by Gasteiger charge is -2.48. The zero-order valence-electron chi connectivity index (χ0n) is 11.2. The lowest BCUT2D eigenvalue weighted by Crippen LogP contribution is -2.60. The van der Waals surface area contributed by atoms with Gasteiger partial charge in [0, 0.05) is 31.7 Å². The molecule has 3 atom stereocenters. The highest BCUT2D eigenvalue weighted by molar-refractivity contribution is 5.40. The molecule has 1 aromatic rings. The van der Waals surface area contributed by atoms with E-state index in [-0.39, 0.29) is 12.1 Å².